The first-order valence-corrected chi connectivity index (χ1v) is 5.31. The molecule has 0 radical (unpaired) electrons. The molecule has 1 N–H and O–H groups in total. The average Bonchev–Trinajstić information content (AvgIpc) is 2.35. The summed E-state index contributed by atoms with van der Waals surface area (Å²) in [5.74, 6) is 0. The van der Waals surface area contributed by atoms with Gasteiger partial charge >= 0.3 is 0 Å². The number of rotatable bonds is 2. The summed E-state index contributed by atoms with van der Waals surface area (Å²) in [5, 5.41) is 11.3. The molecule has 0 amide bonds. The monoisotopic (exact) mass is 210 g/mol. The molecular weight excluding hydrogens is 196 g/mol. The summed E-state index contributed by atoms with van der Waals surface area (Å²) in [4.78, 5) is 0. The van der Waals surface area contributed by atoms with E-state index < -0.39 is 0 Å². The quantitative estimate of drug-likeness (QED) is 0.753. The van der Waals surface area contributed by atoms with E-state index >= 15 is 0 Å². The lowest BCUT2D eigenvalue weighted by molar-refractivity contribution is 0.332. The van der Waals surface area contributed by atoms with Gasteiger partial charge in [-0.25, -0.2) is 0 Å². The van der Waals surface area contributed by atoms with Crippen molar-refractivity contribution < 1.29 is 5.11 Å². The predicted octanol–water partition coefficient (Wildman–Crippen LogP) is 3.39. The number of aliphatic hydroxyl groups excluding tert-OH is 1. The van der Waals surface area contributed by atoms with Crippen LogP contribution < -0.4 is 0 Å². The molecule has 0 atom stereocenters. The van der Waals surface area contributed by atoms with E-state index in [9.17, 15) is 0 Å². The molecule has 80 valence electrons. The zero-order valence-corrected chi connectivity index (χ0v) is 9.27. The van der Waals surface area contributed by atoms with Crippen molar-refractivity contribution >= 4 is 16.8 Å². The van der Waals surface area contributed by atoms with Crippen LogP contribution in [-0.4, -0.2) is 11.7 Å². The van der Waals surface area contributed by atoms with E-state index in [1.54, 1.807) is 0 Å². The lowest BCUT2D eigenvalue weighted by Gasteiger charge is -1.98. The van der Waals surface area contributed by atoms with E-state index in [0.29, 0.717) is 0 Å². The van der Waals surface area contributed by atoms with Gasteiger partial charge in [0.2, 0.25) is 0 Å². The zero-order chi connectivity index (χ0) is 11.4. The Morgan fingerprint density at radius 3 is 2.69 bits per heavy atom. The molecule has 0 spiro atoms. The molecule has 2 rings (SSSR count). The normalized spacial score (nSPS) is 9.88. The first kappa shape index (κ1) is 10.7. The van der Waals surface area contributed by atoms with Gasteiger partial charge in [-0.05, 0) is 41.0 Å². The second-order valence-electron chi connectivity index (χ2n) is 3.83. The molecule has 0 unspecified atom stereocenters. The molecule has 1 heteroatoms. The molecule has 0 saturated heterocycles. The third kappa shape index (κ3) is 2.40. The molecule has 0 aromatic heterocycles. The van der Waals surface area contributed by atoms with E-state index in [0.717, 1.165) is 11.1 Å². The SMILES string of the molecule is CC(=C=Cc1ccc2ccccc2c1)CO. The van der Waals surface area contributed by atoms with Crippen LogP contribution in [0.3, 0.4) is 0 Å². The zero-order valence-electron chi connectivity index (χ0n) is 9.27. The van der Waals surface area contributed by atoms with E-state index in [2.05, 4.69) is 36.1 Å². The van der Waals surface area contributed by atoms with Gasteiger partial charge in [0.15, 0.2) is 0 Å². The molecule has 1 nitrogen and oxygen atoms in total. The fraction of sp³-hybridized carbons (Fsp3) is 0.133. The van der Waals surface area contributed by atoms with Crippen molar-refractivity contribution in [2.75, 3.05) is 6.61 Å². The van der Waals surface area contributed by atoms with Crippen LogP contribution >= 0.6 is 0 Å². The highest BCUT2D eigenvalue weighted by Crippen LogP contribution is 2.16. The van der Waals surface area contributed by atoms with Crippen molar-refractivity contribution in [2.45, 2.75) is 6.92 Å². The van der Waals surface area contributed by atoms with Gasteiger partial charge in [0.25, 0.3) is 0 Å². The van der Waals surface area contributed by atoms with Crippen LogP contribution in [0.2, 0.25) is 0 Å². The van der Waals surface area contributed by atoms with E-state index in [1.807, 2.05) is 25.1 Å². The Morgan fingerprint density at radius 1 is 1.19 bits per heavy atom. The number of fused-ring (bicyclic) bond motifs is 1. The minimum atomic E-state index is 0.0596. The van der Waals surface area contributed by atoms with Gasteiger partial charge in [0.05, 0.1) is 6.61 Å². The smallest absolute Gasteiger partial charge is 0.0713 e. The highest BCUT2D eigenvalue weighted by Gasteiger charge is 1.92. The molecule has 0 bridgehead atoms. The molecule has 0 aliphatic carbocycles. The van der Waals surface area contributed by atoms with Crippen LogP contribution in [0.15, 0.2) is 53.8 Å². The number of benzene rings is 2. The van der Waals surface area contributed by atoms with Gasteiger partial charge in [-0.3, -0.25) is 0 Å². The van der Waals surface area contributed by atoms with Gasteiger partial charge < -0.3 is 5.11 Å². The van der Waals surface area contributed by atoms with Gasteiger partial charge in [-0.1, -0.05) is 36.4 Å². The summed E-state index contributed by atoms with van der Waals surface area (Å²) >= 11 is 0. The Bertz CT molecular complexity index is 560. The molecule has 0 fully saturated rings. The number of hydrogen-bond acceptors (Lipinski definition) is 1. The topological polar surface area (TPSA) is 20.2 Å². The Balaban J connectivity index is 2.44. The molecule has 2 aromatic carbocycles. The largest absolute Gasteiger partial charge is 0.391 e. The molecule has 16 heavy (non-hydrogen) atoms. The van der Waals surface area contributed by atoms with Crippen molar-refractivity contribution in [3.8, 4) is 0 Å². The van der Waals surface area contributed by atoms with Crippen LogP contribution in [0.5, 0.6) is 0 Å². The molecular formula is C15H14O. The second kappa shape index (κ2) is 4.80. The van der Waals surface area contributed by atoms with Crippen molar-refractivity contribution in [1.82, 2.24) is 0 Å². The van der Waals surface area contributed by atoms with Crippen LogP contribution in [0.25, 0.3) is 16.8 Å². The minimum Gasteiger partial charge on any atom is -0.391 e. The van der Waals surface area contributed by atoms with Crippen LogP contribution in [0, 0.1) is 0 Å². The maximum atomic E-state index is 8.87. The Labute approximate surface area is 95.4 Å². The molecule has 0 aliphatic heterocycles. The number of hydrogen-bond donors (Lipinski definition) is 1. The summed E-state index contributed by atoms with van der Waals surface area (Å²) in [5.41, 5.74) is 5.00. The van der Waals surface area contributed by atoms with Crippen LogP contribution in [-0.2, 0) is 0 Å². The van der Waals surface area contributed by atoms with Gasteiger partial charge in [-0.2, -0.15) is 0 Å². The fourth-order valence-corrected chi connectivity index (χ4v) is 1.55. The second-order valence-corrected chi connectivity index (χ2v) is 3.83. The third-order valence-electron chi connectivity index (χ3n) is 2.50. The van der Waals surface area contributed by atoms with Crippen LogP contribution in [0.4, 0.5) is 0 Å². The van der Waals surface area contributed by atoms with E-state index in [4.69, 9.17) is 5.11 Å². The molecule has 0 heterocycles. The first-order chi connectivity index (χ1) is 7.79. The standard InChI is InChI=1S/C15H14O/c1-12(11-16)6-7-13-8-9-14-4-2-3-5-15(14)10-13/h2-5,7-10,16H,11H2,1H3. The van der Waals surface area contributed by atoms with Gasteiger partial charge in [0.1, 0.15) is 0 Å². The third-order valence-corrected chi connectivity index (χ3v) is 2.50. The first-order valence-electron chi connectivity index (χ1n) is 5.31. The summed E-state index contributed by atoms with van der Waals surface area (Å²) in [6.45, 7) is 1.92. The predicted molar refractivity (Wildman–Crippen MR) is 68.2 cm³/mol. The summed E-state index contributed by atoms with van der Waals surface area (Å²) in [6.07, 6.45) is 1.90. The van der Waals surface area contributed by atoms with Crippen LogP contribution in [0.1, 0.15) is 12.5 Å². The summed E-state index contributed by atoms with van der Waals surface area (Å²) in [7, 11) is 0. The van der Waals surface area contributed by atoms with Crippen molar-refractivity contribution in [1.29, 1.82) is 0 Å². The number of aliphatic hydroxyl groups is 1. The van der Waals surface area contributed by atoms with E-state index in [1.165, 1.54) is 10.8 Å². The maximum absolute atomic E-state index is 8.87. The molecule has 0 saturated carbocycles. The molecule has 0 aliphatic rings. The summed E-state index contributed by atoms with van der Waals surface area (Å²) < 4.78 is 0. The fourth-order valence-electron chi connectivity index (χ4n) is 1.55. The van der Waals surface area contributed by atoms with Crippen molar-refractivity contribution in [3.05, 3.63) is 59.3 Å². The lowest BCUT2D eigenvalue weighted by Crippen LogP contribution is -1.80. The highest BCUT2D eigenvalue weighted by atomic mass is 16.3. The van der Waals surface area contributed by atoms with Crippen molar-refractivity contribution in [2.24, 2.45) is 0 Å². The maximum Gasteiger partial charge on any atom is 0.0713 e. The summed E-state index contributed by atoms with van der Waals surface area (Å²) in [6, 6.07) is 14.5. The Morgan fingerprint density at radius 2 is 1.94 bits per heavy atom. The minimum absolute atomic E-state index is 0.0596. The lowest BCUT2D eigenvalue weighted by atomic mass is 10.1. The van der Waals surface area contributed by atoms with Gasteiger partial charge in [-0.15, -0.1) is 5.73 Å². The van der Waals surface area contributed by atoms with Gasteiger partial charge in [0, 0.05) is 0 Å². The van der Waals surface area contributed by atoms with Crippen molar-refractivity contribution in [3.63, 3.8) is 0 Å². The van der Waals surface area contributed by atoms with E-state index in [-0.39, 0.29) is 6.61 Å². The Hall–Kier alpha value is -1.82. The highest BCUT2D eigenvalue weighted by molar-refractivity contribution is 5.84. The molecule has 2 aromatic rings. The average molecular weight is 210 g/mol. The Kier molecular flexibility index (Phi) is 3.21.